The van der Waals surface area contributed by atoms with Crippen LogP contribution in [-0.2, 0) is 9.09 Å². The summed E-state index contributed by atoms with van der Waals surface area (Å²) in [5, 5.41) is 0. The van der Waals surface area contributed by atoms with Gasteiger partial charge in [-0.3, -0.25) is 4.52 Å². The Labute approximate surface area is 109 Å². The average Bonchev–Trinajstić information content (AvgIpc) is 2.12. The fourth-order valence-corrected chi connectivity index (χ4v) is 3.08. The molecule has 0 saturated heterocycles. The minimum Gasteiger partial charge on any atom is -0.303 e. The fourth-order valence-electron chi connectivity index (χ4n) is 2.57. The summed E-state index contributed by atoms with van der Waals surface area (Å²) in [7, 11) is -4.47. The summed E-state index contributed by atoms with van der Waals surface area (Å²) in [5.41, 5.74) is 3.02. The van der Waals surface area contributed by atoms with Crippen molar-refractivity contribution in [2.75, 3.05) is 0 Å². The molecule has 0 bridgehead atoms. The zero-order chi connectivity index (χ0) is 14.1. The predicted octanol–water partition coefficient (Wildman–Crippen LogP) is 3.57. The second-order valence-electron chi connectivity index (χ2n) is 5.61. The molecule has 0 aromatic carbocycles. The molecule has 0 fully saturated rings. The minimum atomic E-state index is -4.47. The van der Waals surface area contributed by atoms with Crippen LogP contribution in [0.4, 0.5) is 0 Å². The normalized spacial score (nSPS) is 22.2. The second kappa shape index (κ2) is 5.30. The number of hydrogen-bond acceptors (Lipinski definition) is 2. The van der Waals surface area contributed by atoms with Gasteiger partial charge < -0.3 is 9.79 Å². The van der Waals surface area contributed by atoms with Crippen molar-refractivity contribution < 1.29 is 18.9 Å². The van der Waals surface area contributed by atoms with Crippen LogP contribution >= 0.6 is 7.82 Å². The summed E-state index contributed by atoms with van der Waals surface area (Å²) in [6.45, 7) is 10.2. The summed E-state index contributed by atoms with van der Waals surface area (Å²) < 4.78 is 16.1. The van der Waals surface area contributed by atoms with Gasteiger partial charge in [0.1, 0.15) is 0 Å². The number of hydrogen-bond donors (Lipinski definition) is 2. The third-order valence-electron chi connectivity index (χ3n) is 3.59. The van der Waals surface area contributed by atoms with Crippen molar-refractivity contribution in [2.45, 2.75) is 53.6 Å². The molecule has 0 amide bonds. The van der Waals surface area contributed by atoms with Gasteiger partial charge in [-0.1, -0.05) is 32.4 Å². The van der Waals surface area contributed by atoms with Crippen LogP contribution in [0.25, 0.3) is 0 Å². The first-order valence-electron chi connectivity index (χ1n) is 6.19. The van der Waals surface area contributed by atoms with E-state index in [4.69, 9.17) is 14.3 Å². The van der Waals surface area contributed by atoms with Crippen molar-refractivity contribution in [3.05, 3.63) is 22.8 Å². The van der Waals surface area contributed by atoms with Crippen LogP contribution in [0.5, 0.6) is 0 Å². The van der Waals surface area contributed by atoms with Crippen molar-refractivity contribution in [3.8, 4) is 0 Å². The summed E-state index contributed by atoms with van der Waals surface area (Å²) in [6.07, 6.45) is 2.99. The summed E-state index contributed by atoms with van der Waals surface area (Å²) in [5.74, 6) is 0. The Bertz CT molecular complexity index is 428. The highest BCUT2D eigenvalue weighted by Crippen LogP contribution is 2.47. The van der Waals surface area contributed by atoms with Crippen LogP contribution in [0.2, 0.25) is 0 Å². The highest BCUT2D eigenvalue weighted by atomic mass is 31.2. The Balaban J connectivity index is 3.19. The van der Waals surface area contributed by atoms with E-state index in [0.717, 1.165) is 23.1 Å². The molecule has 1 unspecified atom stereocenters. The van der Waals surface area contributed by atoms with E-state index >= 15 is 0 Å². The maximum Gasteiger partial charge on any atom is 0.470 e. The molecular formula is C13H23O4P. The minimum absolute atomic E-state index is 0.124. The Kier molecular flexibility index (Phi) is 4.60. The molecule has 0 heterocycles. The molecule has 0 aromatic rings. The lowest BCUT2D eigenvalue weighted by Crippen LogP contribution is -2.29. The van der Waals surface area contributed by atoms with Crippen LogP contribution in [0.1, 0.15) is 47.5 Å². The first-order valence-corrected chi connectivity index (χ1v) is 7.72. The smallest absolute Gasteiger partial charge is 0.303 e. The molecule has 1 aliphatic rings. The number of rotatable bonds is 4. The summed E-state index contributed by atoms with van der Waals surface area (Å²) >= 11 is 0. The van der Waals surface area contributed by atoms with Gasteiger partial charge in [-0.05, 0) is 43.3 Å². The third-order valence-corrected chi connectivity index (χ3v) is 4.12. The maximum absolute atomic E-state index is 11.1. The largest absolute Gasteiger partial charge is 0.470 e. The predicted molar refractivity (Wildman–Crippen MR) is 72.1 cm³/mol. The highest BCUT2D eigenvalue weighted by molar-refractivity contribution is 7.46. The summed E-state index contributed by atoms with van der Waals surface area (Å²) in [4.78, 5) is 18.1. The molecule has 1 atom stereocenters. The molecule has 0 aromatic heterocycles. The molecule has 0 aliphatic heterocycles. The quantitative estimate of drug-likeness (QED) is 0.769. The van der Waals surface area contributed by atoms with Gasteiger partial charge in [0.05, 0.1) is 6.10 Å². The monoisotopic (exact) mass is 274 g/mol. The van der Waals surface area contributed by atoms with Gasteiger partial charge >= 0.3 is 7.82 Å². The van der Waals surface area contributed by atoms with Gasteiger partial charge in [-0.2, -0.15) is 0 Å². The van der Waals surface area contributed by atoms with E-state index in [9.17, 15) is 4.57 Å². The van der Waals surface area contributed by atoms with Crippen molar-refractivity contribution in [1.82, 2.24) is 0 Å². The zero-order valence-electron chi connectivity index (χ0n) is 11.7. The van der Waals surface area contributed by atoms with Crippen LogP contribution in [-0.4, -0.2) is 15.9 Å². The lowest BCUT2D eigenvalue weighted by atomic mass is 9.73. The van der Waals surface area contributed by atoms with Crippen molar-refractivity contribution >= 4 is 7.82 Å². The SMILES string of the molecule is CCC(C)(C)C1=C(C)C=C(C)CC1OP(=O)(O)O. The van der Waals surface area contributed by atoms with Crippen molar-refractivity contribution in [3.63, 3.8) is 0 Å². The topological polar surface area (TPSA) is 66.8 Å². The Morgan fingerprint density at radius 3 is 2.44 bits per heavy atom. The molecule has 2 N–H and O–H groups in total. The van der Waals surface area contributed by atoms with Crippen LogP contribution in [0.15, 0.2) is 22.8 Å². The lowest BCUT2D eigenvalue weighted by molar-refractivity contribution is 0.136. The van der Waals surface area contributed by atoms with Crippen molar-refractivity contribution in [1.29, 1.82) is 0 Å². The molecule has 104 valence electrons. The standard InChI is InChI=1S/C13H23O4P/c1-6-13(4,5)12-10(3)7-9(2)8-11(12)17-18(14,15)16/h7,11H,6,8H2,1-5H3,(H2,14,15,16). The average molecular weight is 274 g/mol. The molecule has 18 heavy (non-hydrogen) atoms. The van der Waals surface area contributed by atoms with Gasteiger partial charge in [0.15, 0.2) is 0 Å². The van der Waals surface area contributed by atoms with Gasteiger partial charge in [-0.15, -0.1) is 0 Å². The van der Waals surface area contributed by atoms with Gasteiger partial charge in [-0.25, -0.2) is 4.57 Å². The van der Waals surface area contributed by atoms with Crippen LogP contribution < -0.4 is 0 Å². The zero-order valence-corrected chi connectivity index (χ0v) is 12.6. The molecule has 0 spiro atoms. The van der Waals surface area contributed by atoms with Crippen LogP contribution in [0, 0.1) is 5.41 Å². The first kappa shape index (κ1) is 15.6. The van der Waals surface area contributed by atoms with E-state index in [1.807, 2.05) is 13.8 Å². The maximum atomic E-state index is 11.1. The highest BCUT2D eigenvalue weighted by Gasteiger charge is 2.35. The molecule has 0 saturated carbocycles. The number of allylic oxidation sites excluding steroid dienone is 2. The molecule has 1 rings (SSSR count). The molecule has 4 nitrogen and oxygen atoms in total. The third kappa shape index (κ3) is 3.79. The number of phosphoric ester groups is 1. The fraction of sp³-hybridized carbons (Fsp3) is 0.692. The Morgan fingerprint density at radius 2 is 2.00 bits per heavy atom. The molecule has 5 heteroatoms. The number of phosphoric acid groups is 1. The van der Waals surface area contributed by atoms with Gasteiger partial charge in [0.2, 0.25) is 0 Å². The first-order chi connectivity index (χ1) is 8.07. The molecule has 1 aliphatic carbocycles. The van der Waals surface area contributed by atoms with E-state index in [1.165, 1.54) is 0 Å². The Morgan fingerprint density at radius 1 is 1.44 bits per heavy atom. The van der Waals surface area contributed by atoms with E-state index < -0.39 is 13.9 Å². The van der Waals surface area contributed by atoms with E-state index in [0.29, 0.717) is 6.42 Å². The second-order valence-corrected chi connectivity index (χ2v) is 6.81. The van der Waals surface area contributed by atoms with Crippen molar-refractivity contribution in [2.24, 2.45) is 5.41 Å². The van der Waals surface area contributed by atoms with Gasteiger partial charge in [0, 0.05) is 0 Å². The van der Waals surface area contributed by atoms with Crippen LogP contribution in [0.3, 0.4) is 0 Å². The summed E-state index contributed by atoms with van der Waals surface area (Å²) in [6, 6.07) is 0. The van der Waals surface area contributed by atoms with E-state index in [-0.39, 0.29) is 5.41 Å². The lowest BCUT2D eigenvalue weighted by Gasteiger charge is -2.36. The van der Waals surface area contributed by atoms with E-state index in [2.05, 4.69) is 26.8 Å². The molecule has 0 radical (unpaired) electrons. The molecular weight excluding hydrogens is 251 g/mol. The van der Waals surface area contributed by atoms with Gasteiger partial charge in [0.25, 0.3) is 0 Å². The Hall–Kier alpha value is -0.410. The van der Waals surface area contributed by atoms with E-state index in [1.54, 1.807) is 0 Å².